The molecule has 0 saturated heterocycles. The molecule has 0 unspecified atom stereocenters. The minimum absolute atomic E-state index is 0.321. The largest absolute Gasteiger partial charge is 0.311 e. The Morgan fingerprint density at radius 3 is 2.94 bits per heavy atom. The highest BCUT2D eigenvalue weighted by molar-refractivity contribution is 5.78. The van der Waals surface area contributed by atoms with Crippen LogP contribution in [0.5, 0.6) is 0 Å². The van der Waals surface area contributed by atoms with Crippen LogP contribution in [-0.4, -0.2) is 11.5 Å². The van der Waals surface area contributed by atoms with E-state index in [1.165, 1.54) is 5.56 Å². The van der Waals surface area contributed by atoms with Crippen molar-refractivity contribution >= 4 is 10.9 Å². The first-order valence-corrected chi connectivity index (χ1v) is 6.06. The molecule has 92 valence electrons. The van der Waals surface area contributed by atoms with Crippen LogP contribution in [0.15, 0.2) is 36.5 Å². The van der Waals surface area contributed by atoms with Gasteiger partial charge in [0.1, 0.15) is 0 Å². The number of aromatic nitrogens is 1. The maximum atomic E-state index is 8.93. The Morgan fingerprint density at radius 1 is 1.33 bits per heavy atom. The molecule has 1 aromatic heterocycles. The summed E-state index contributed by atoms with van der Waals surface area (Å²) in [7, 11) is 0. The highest BCUT2D eigenvalue weighted by Crippen LogP contribution is 2.14. The van der Waals surface area contributed by atoms with Crippen molar-refractivity contribution in [3.8, 4) is 6.07 Å². The monoisotopic (exact) mass is 239 g/mol. The van der Waals surface area contributed by atoms with Crippen LogP contribution in [0.1, 0.15) is 19.4 Å². The van der Waals surface area contributed by atoms with E-state index in [1.807, 2.05) is 26.0 Å². The number of fused-ring (bicyclic) bond motifs is 1. The topological polar surface area (TPSA) is 48.7 Å². The van der Waals surface area contributed by atoms with Crippen LogP contribution in [0.2, 0.25) is 0 Å². The molecule has 0 aliphatic carbocycles. The quantitative estimate of drug-likeness (QED) is 0.892. The third-order valence-corrected chi connectivity index (χ3v) is 2.87. The van der Waals surface area contributed by atoms with Crippen molar-refractivity contribution in [1.29, 1.82) is 5.26 Å². The third kappa shape index (κ3) is 3.06. The smallest absolute Gasteiger partial charge is 0.0702 e. The molecule has 0 spiro atoms. The molecule has 3 nitrogen and oxygen atoms in total. The molecular weight excluding hydrogens is 222 g/mol. The maximum absolute atomic E-state index is 8.93. The molecule has 1 aromatic carbocycles. The lowest BCUT2D eigenvalue weighted by Gasteiger charge is -2.15. The molecule has 0 fully saturated rings. The Labute approximate surface area is 107 Å². The van der Waals surface area contributed by atoms with Gasteiger partial charge in [-0.15, -0.1) is 0 Å². The molecule has 3 heteroatoms. The number of hydrogen-bond acceptors (Lipinski definition) is 3. The summed E-state index contributed by atoms with van der Waals surface area (Å²) in [5.74, 6) is 0. The number of pyridine rings is 1. The van der Waals surface area contributed by atoms with Gasteiger partial charge >= 0.3 is 0 Å². The molecule has 1 N–H and O–H groups in total. The minimum Gasteiger partial charge on any atom is -0.311 e. The molecule has 2 aromatic rings. The van der Waals surface area contributed by atoms with Gasteiger partial charge in [-0.2, -0.15) is 5.26 Å². The molecule has 1 heterocycles. The van der Waals surface area contributed by atoms with Crippen molar-refractivity contribution in [3.63, 3.8) is 0 Å². The SMILES string of the molecule is CC(C)(C#N)CNCc1ccc2ncccc2c1. The average Bonchev–Trinajstić information content (AvgIpc) is 2.38. The van der Waals surface area contributed by atoms with E-state index in [-0.39, 0.29) is 5.41 Å². The fourth-order valence-corrected chi connectivity index (χ4v) is 1.79. The number of nitrogens with zero attached hydrogens (tertiary/aromatic N) is 2. The van der Waals surface area contributed by atoms with Gasteiger partial charge < -0.3 is 5.32 Å². The second-order valence-electron chi connectivity index (χ2n) is 5.13. The summed E-state index contributed by atoms with van der Waals surface area (Å²) in [6.07, 6.45) is 1.80. The lowest BCUT2D eigenvalue weighted by Crippen LogP contribution is -2.27. The van der Waals surface area contributed by atoms with Gasteiger partial charge in [0.05, 0.1) is 17.0 Å². The Bertz CT molecular complexity index is 582. The average molecular weight is 239 g/mol. The Hall–Kier alpha value is -1.92. The van der Waals surface area contributed by atoms with Crippen molar-refractivity contribution in [2.75, 3.05) is 6.54 Å². The Balaban J connectivity index is 2.03. The van der Waals surface area contributed by atoms with Crippen LogP contribution in [0, 0.1) is 16.7 Å². The standard InChI is InChI=1S/C15H17N3/c1-15(2,10-16)11-17-9-12-5-6-14-13(8-12)4-3-7-18-14/h3-8,17H,9,11H2,1-2H3. The summed E-state index contributed by atoms with van der Waals surface area (Å²) in [4.78, 5) is 4.29. The van der Waals surface area contributed by atoms with Crippen LogP contribution in [0.3, 0.4) is 0 Å². The summed E-state index contributed by atoms with van der Waals surface area (Å²) in [6, 6.07) is 12.5. The van der Waals surface area contributed by atoms with Gasteiger partial charge in [0.2, 0.25) is 0 Å². The van der Waals surface area contributed by atoms with Crippen molar-refractivity contribution in [2.45, 2.75) is 20.4 Å². The second kappa shape index (κ2) is 5.16. The van der Waals surface area contributed by atoms with E-state index in [0.29, 0.717) is 6.54 Å². The van der Waals surface area contributed by atoms with Gasteiger partial charge in [-0.1, -0.05) is 12.1 Å². The predicted molar refractivity (Wildman–Crippen MR) is 72.8 cm³/mol. The molecule has 0 aliphatic rings. The summed E-state index contributed by atoms with van der Waals surface area (Å²) in [5.41, 5.74) is 1.90. The summed E-state index contributed by atoms with van der Waals surface area (Å²) < 4.78 is 0. The summed E-state index contributed by atoms with van der Waals surface area (Å²) in [6.45, 7) is 5.33. The van der Waals surface area contributed by atoms with Crippen molar-refractivity contribution < 1.29 is 0 Å². The molecule has 0 aliphatic heterocycles. The van der Waals surface area contributed by atoms with E-state index >= 15 is 0 Å². The number of nitriles is 1. The first-order chi connectivity index (χ1) is 8.61. The van der Waals surface area contributed by atoms with Gasteiger partial charge in [-0.25, -0.2) is 0 Å². The zero-order valence-corrected chi connectivity index (χ0v) is 10.8. The molecular formula is C15H17N3. The second-order valence-corrected chi connectivity index (χ2v) is 5.13. The predicted octanol–water partition coefficient (Wildman–Crippen LogP) is 2.87. The normalized spacial score (nSPS) is 11.4. The van der Waals surface area contributed by atoms with Crippen molar-refractivity contribution in [2.24, 2.45) is 5.41 Å². The summed E-state index contributed by atoms with van der Waals surface area (Å²) >= 11 is 0. The molecule has 18 heavy (non-hydrogen) atoms. The van der Waals surface area contributed by atoms with Gasteiger partial charge in [0.25, 0.3) is 0 Å². The molecule has 0 amide bonds. The van der Waals surface area contributed by atoms with E-state index in [0.717, 1.165) is 17.4 Å². The van der Waals surface area contributed by atoms with E-state index < -0.39 is 0 Å². The first-order valence-electron chi connectivity index (χ1n) is 6.06. The molecule has 0 atom stereocenters. The van der Waals surface area contributed by atoms with Crippen molar-refractivity contribution in [3.05, 3.63) is 42.1 Å². The van der Waals surface area contributed by atoms with Gasteiger partial charge in [0, 0.05) is 24.7 Å². The molecule has 0 saturated carbocycles. The van der Waals surface area contributed by atoms with Crippen LogP contribution in [0.25, 0.3) is 10.9 Å². The number of hydrogen-bond donors (Lipinski definition) is 1. The lowest BCUT2D eigenvalue weighted by molar-refractivity contribution is 0.445. The van der Waals surface area contributed by atoms with Crippen LogP contribution < -0.4 is 5.32 Å². The zero-order valence-electron chi connectivity index (χ0n) is 10.8. The first kappa shape index (κ1) is 12.5. The summed E-state index contributed by atoms with van der Waals surface area (Å²) in [5, 5.41) is 13.4. The Kier molecular flexibility index (Phi) is 3.59. The molecule has 0 bridgehead atoms. The Morgan fingerprint density at radius 2 is 2.17 bits per heavy atom. The van der Waals surface area contributed by atoms with Crippen LogP contribution in [0.4, 0.5) is 0 Å². The molecule has 2 rings (SSSR count). The van der Waals surface area contributed by atoms with Crippen LogP contribution >= 0.6 is 0 Å². The van der Waals surface area contributed by atoms with Crippen molar-refractivity contribution in [1.82, 2.24) is 10.3 Å². The minimum atomic E-state index is -0.321. The third-order valence-electron chi connectivity index (χ3n) is 2.87. The van der Waals surface area contributed by atoms with Crippen LogP contribution in [-0.2, 0) is 6.54 Å². The fraction of sp³-hybridized carbons (Fsp3) is 0.333. The van der Waals surface area contributed by atoms with E-state index in [9.17, 15) is 0 Å². The number of rotatable bonds is 4. The van der Waals surface area contributed by atoms with E-state index in [1.54, 1.807) is 6.20 Å². The number of benzene rings is 1. The van der Waals surface area contributed by atoms with Gasteiger partial charge in [-0.3, -0.25) is 4.98 Å². The lowest BCUT2D eigenvalue weighted by atomic mass is 9.96. The number of nitrogens with one attached hydrogen (secondary N) is 1. The fourth-order valence-electron chi connectivity index (χ4n) is 1.79. The zero-order chi connectivity index (χ0) is 13.0. The van der Waals surface area contributed by atoms with Gasteiger partial charge in [-0.05, 0) is 37.6 Å². The molecule has 0 radical (unpaired) electrons. The van der Waals surface area contributed by atoms with E-state index in [4.69, 9.17) is 5.26 Å². The van der Waals surface area contributed by atoms with E-state index in [2.05, 4.69) is 34.6 Å². The highest BCUT2D eigenvalue weighted by Gasteiger charge is 2.15. The highest BCUT2D eigenvalue weighted by atomic mass is 14.9. The maximum Gasteiger partial charge on any atom is 0.0702 e. The van der Waals surface area contributed by atoms with Gasteiger partial charge in [0.15, 0.2) is 0 Å².